The molecule has 8 nitrogen and oxygen atoms in total. The van der Waals surface area contributed by atoms with Crippen LogP contribution in [-0.2, 0) is 0 Å². The first-order valence-electron chi connectivity index (χ1n) is 5.69. The van der Waals surface area contributed by atoms with Gasteiger partial charge in [-0.3, -0.25) is 25.7 Å². The molecule has 0 unspecified atom stereocenters. The lowest BCUT2D eigenvalue weighted by Crippen LogP contribution is -2.00. The fraction of sp³-hybridized carbons (Fsp3) is 0.250. The van der Waals surface area contributed by atoms with Crippen molar-refractivity contribution in [1.29, 1.82) is 0 Å². The van der Waals surface area contributed by atoms with Gasteiger partial charge in [0.05, 0.1) is 21.6 Å². The average molecular weight is 278 g/mol. The van der Waals surface area contributed by atoms with Gasteiger partial charge < -0.3 is 0 Å². The lowest BCUT2D eigenvalue weighted by Gasteiger charge is -2.03. The molecule has 0 saturated heterocycles. The third kappa shape index (κ3) is 4.16. The summed E-state index contributed by atoms with van der Waals surface area (Å²) in [7, 11) is 0. The summed E-state index contributed by atoms with van der Waals surface area (Å²) in [6, 6.07) is 3.34. The Morgan fingerprint density at radius 3 is 2.35 bits per heavy atom. The van der Waals surface area contributed by atoms with Crippen LogP contribution in [0, 0.1) is 20.2 Å². The van der Waals surface area contributed by atoms with E-state index >= 15 is 0 Å². The van der Waals surface area contributed by atoms with Gasteiger partial charge in [-0.2, -0.15) is 5.10 Å². The molecule has 0 amide bonds. The van der Waals surface area contributed by atoms with Crippen molar-refractivity contribution in [2.75, 3.05) is 5.43 Å². The maximum Gasteiger partial charge on any atom is 0.301 e. The van der Waals surface area contributed by atoms with Crippen molar-refractivity contribution in [3.8, 4) is 0 Å². The normalized spacial score (nSPS) is 10.8. The van der Waals surface area contributed by atoms with Crippen LogP contribution in [0.1, 0.15) is 20.8 Å². The maximum atomic E-state index is 10.9. The Morgan fingerprint density at radius 2 is 1.85 bits per heavy atom. The van der Waals surface area contributed by atoms with Crippen LogP contribution in [0.2, 0.25) is 0 Å². The van der Waals surface area contributed by atoms with Gasteiger partial charge in [-0.1, -0.05) is 5.57 Å². The topological polar surface area (TPSA) is 111 Å². The van der Waals surface area contributed by atoms with Gasteiger partial charge >= 0.3 is 5.69 Å². The third-order valence-corrected chi connectivity index (χ3v) is 2.24. The van der Waals surface area contributed by atoms with Crippen molar-refractivity contribution in [2.24, 2.45) is 5.10 Å². The first-order valence-corrected chi connectivity index (χ1v) is 5.69. The highest BCUT2D eigenvalue weighted by molar-refractivity contribution is 5.93. The average Bonchev–Trinajstić information content (AvgIpc) is 2.35. The highest BCUT2D eigenvalue weighted by atomic mass is 16.6. The molecule has 1 N–H and O–H groups in total. The largest absolute Gasteiger partial charge is 0.301 e. The first kappa shape index (κ1) is 15.3. The van der Waals surface area contributed by atoms with Crippen molar-refractivity contribution >= 4 is 22.8 Å². The van der Waals surface area contributed by atoms with Gasteiger partial charge in [-0.05, 0) is 32.9 Å². The van der Waals surface area contributed by atoms with Gasteiger partial charge in [-0.25, -0.2) is 0 Å². The molecule has 0 aliphatic heterocycles. The molecule has 0 saturated carbocycles. The first-order chi connectivity index (χ1) is 9.31. The summed E-state index contributed by atoms with van der Waals surface area (Å²) >= 11 is 0. The van der Waals surface area contributed by atoms with Crippen molar-refractivity contribution in [2.45, 2.75) is 20.8 Å². The lowest BCUT2D eigenvalue weighted by molar-refractivity contribution is -0.393. The molecule has 0 atom stereocenters. The van der Waals surface area contributed by atoms with Gasteiger partial charge in [0.1, 0.15) is 5.69 Å². The van der Waals surface area contributed by atoms with Gasteiger partial charge in [0.15, 0.2) is 0 Å². The standard InChI is InChI=1S/C12H14N4O4/c1-8(2)6-9(3)13-14-11-5-4-10(15(17)18)7-12(11)16(19)20/h4-7,14H,1-3H3/b13-9-. The summed E-state index contributed by atoms with van der Waals surface area (Å²) in [6.07, 6.45) is 1.80. The van der Waals surface area contributed by atoms with E-state index < -0.39 is 15.5 Å². The van der Waals surface area contributed by atoms with Crippen LogP contribution in [0.15, 0.2) is 34.9 Å². The molecule has 0 radical (unpaired) electrons. The predicted molar refractivity (Wildman–Crippen MR) is 75.9 cm³/mol. The lowest BCUT2D eigenvalue weighted by atomic mass is 10.2. The number of hydrogen-bond acceptors (Lipinski definition) is 6. The number of anilines is 1. The summed E-state index contributed by atoms with van der Waals surface area (Å²) in [5.41, 5.74) is 3.58. The minimum Gasteiger partial charge on any atom is -0.271 e. The fourth-order valence-electron chi connectivity index (χ4n) is 1.48. The Kier molecular flexibility index (Phi) is 4.90. The van der Waals surface area contributed by atoms with E-state index in [1.807, 2.05) is 13.8 Å². The minimum absolute atomic E-state index is 0.0992. The molecule has 0 aliphatic carbocycles. The second-order valence-corrected chi connectivity index (χ2v) is 4.30. The fourth-order valence-corrected chi connectivity index (χ4v) is 1.48. The van der Waals surface area contributed by atoms with Crippen LogP contribution in [0.5, 0.6) is 0 Å². The summed E-state index contributed by atoms with van der Waals surface area (Å²) in [6.45, 7) is 5.53. The Bertz CT molecular complexity index is 603. The number of nitro groups is 2. The number of non-ortho nitro benzene ring substituents is 1. The monoisotopic (exact) mass is 278 g/mol. The molecule has 0 aromatic heterocycles. The molecule has 0 bridgehead atoms. The zero-order valence-corrected chi connectivity index (χ0v) is 11.3. The number of nitrogens with zero attached hydrogens (tertiary/aromatic N) is 3. The molecule has 1 aromatic carbocycles. The van der Waals surface area contributed by atoms with E-state index in [4.69, 9.17) is 0 Å². The van der Waals surface area contributed by atoms with E-state index in [2.05, 4.69) is 10.5 Å². The summed E-state index contributed by atoms with van der Waals surface area (Å²) in [5.74, 6) is 0. The van der Waals surface area contributed by atoms with Gasteiger partial charge in [-0.15, -0.1) is 0 Å². The highest BCUT2D eigenvalue weighted by Gasteiger charge is 2.19. The van der Waals surface area contributed by atoms with Gasteiger partial charge in [0.25, 0.3) is 5.69 Å². The second kappa shape index (κ2) is 6.41. The Labute approximate surface area is 115 Å². The number of hydrogen-bond donors (Lipinski definition) is 1. The van der Waals surface area contributed by atoms with E-state index in [0.717, 1.165) is 11.6 Å². The molecule has 20 heavy (non-hydrogen) atoms. The second-order valence-electron chi connectivity index (χ2n) is 4.30. The number of nitrogens with one attached hydrogen (secondary N) is 1. The zero-order chi connectivity index (χ0) is 15.3. The molecule has 0 heterocycles. The van der Waals surface area contributed by atoms with Crippen LogP contribution in [0.4, 0.5) is 17.1 Å². The number of hydrazone groups is 1. The van der Waals surface area contributed by atoms with Crippen molar-refractivity contribution < 1.29 is 9.85 Å². The Hall–Kier alpha value is -2.77. The molecule has 1 aromatic rings. The van der Waals surface area contributed by atoms with Crippen LogP contribution in [0.3, 0.4) is 0 Å². The van der Waals surface area contributed by atoms with Crippen LogP contribution < -0.4 is 5.43 Å². The quantitative estimate of drug-likeness (QED) is 0.504. The number of nitro benzene ring substituents is 2. The summed E-state index contributed by atoms with van der Waals surface area (Å²) in [5, 5.41) is 25.5. The number of benzene rings is 1. The SMILES string of the molecule is CC(C)=C/C(C)=N\Nc1ccc([N+](=O)[O-])cc1[N+](=O)[O-]. The summed E-state index contributed by atoms with van der Waals surface area (Å²) in [4.78, 5) is 20.1. The molecule has 8 heteroatoms. The van der Waals surface area contributed by atoms with E-state index in [0.29, 0.717) is 5.71 Å². The molecular weight excluding hydrogens is 264 g/mol. The molecule has 0 fully saturated rings. The van der Waals surface area contributed by atoms with Crippen molar-refractivity contribution in [3.05, 3.63) is 50.1 Å². The number of allylic oxidation sites excluding steroid dienone is 2. The zero-order valence-electron chi connectivity index (χ0n) is 11.3. The molecule has 106 valence electrons. The van der Waals surface area contributed by atoms with Gasteiger partial charge in [0.2, 0.25) is 0 Å². The molecule has 0 aliphatic rings. The molecular formula is C12H14N4O4. The Balaban J connectivity index is 3.10. The van der Waals surface area contributed by atoms with E-state index in [-0.39, 0.29) is 11.4 Å². The van der Waals surface area contributed by atoms with E-state index in [1.54, 1.807) is 13.0 Å². The van der Waals surface area contributed by atoms with Crippen LogP contribution in [-0.4, -0.2) is 15.6 Å². The smallest absolute Gasteiger partial charge is 0.271 e. The number of rotatable bonds is 5. The third-order valence-electron chi connectivity index (χ3n) is 2.24. The van der Waals surface area contributed by atoms with Crippen molar-refractivity contribution in [1.82, 2.24) is 0 Å². The molecule has 1 rings (SSSR count). The minimum atomic E-state index is -0.693. The predicted octanol–water partition coefficient (Wildman–Crippen LogP) is 3.26. The van der Waals surface area contributed by atoms with Crippen molar-refractivity contribution in [3.63, 3.8) is 0 Å². The van der Waals surface area contributed by atoms with E-state index in [1.165, 1.54) is 12.1 Å². The summed E-state index contributed by atoms with van der Waals surface area (Å²) < 4.78 is 0. The highest BCUT2D eigenvalue weighted by Crippen LogP contribution is 2.28. The van der Waals surface area contributed by atoms with Gasteiger partial charge in [0, 0.05) is 6.07 Å². The Morgan fingerprint density at radius 1 is 1.20 bits per heavy atom. The maximum absolute atomic E-state index is 10.9. The molecule has 0 spiro atoms. The van der Waals surface area contributed by atoms with Crippen LogP contribution in [0.25, 0.3) is 0 Å². The van der Waals surface area contributed by atoms with E-state index in [9.17, 15) is 20.2 Å². The van der Waals surface area contributed by atoms with Crippen LogP contribution >= 0.6 is 0 Å².